The second kappa shape index (κ2) is 10.4. The molecule has 1 aliphatic heterocycles. The van der Waals surface area contributed by atoms with Crippen molar-refractivity contribution in [2.45, 2.75) is 0 Å². The van der Waals surface area contributed by atoms with Crippen LogP contribution in [0, 0.1) is 5.82 Å². The molecule has 1 N–H and O–H groups in total. The summed E-state index contributed by atoms with van der Waals surface area (Å²) in [5.74, 6) is 0.107. The number of piperazine rings is 1. The SMILES string of the molecule is COc1ccc(Br)cc1/C=C/C(=O)N1CCN(CC(=O)Nc2ccc(F)cc2)CC1. The van der Waals surface area contributed by atoms with E-state index in [1.165, 1.54) is 24.3 Å². The minimum atomic E-state index is -0.346. The molecule has 1 saturated heterocycles. The second-order valence-corrected chi connectivity index (χ2v) is 7.79. The molecule has 2 aromatic carbocycles. The van der Waals surface area contributed by atoms with Crippen LogP contribution in [0.5, 0.6) is 5.75 Å². The summed E-state index contributed by atoms with van der Waals surface area (Å²) in [6, 6.07) is 11.3. The van der Waals surface area contributed by atoms with Crippen LogP contribution >= 0.6 is 15.9 Å². The predicted molar refractivity (Wildman–Crippen MR) is 118 cm³/mol. The van der Waals surface area contributed by atoms with Crippen molar-refractivity contribution in [1.29, 1.82) is 0 Å². The fraction of sp³-hybridized carbons (Fsp3) is 0.273. The van der Waals surface area contributed by atoms with Gasteiger partial charge in [0.1, 0.15) is 11.6 Å². The highest BCUT2D eigenvalue weighted by Crippen LogP contribution is 2.24. The van der Waals surface area contributed by atoms with Gasteiger partial charge in [0.25, 0.3) is 0 Å². The summed E-state index contributed by atoms with van der Waals surface area (Å²) in [4.78, 5) is 28.4. The molecule has 1 heterocycles. The van der Waals surface area contributed by atoms with Crippen LogP contribution in [-0.2, 0) is 9.59 Å². The van der Waals surface area contributed by atoms with Gasteiger partial charge in [0.05, 0.1) is 13.7 Å². The van der Waals surface area contributed by atoms with Gasteiger partial charge in [-0.15, -0.1) is 0 Å². The molecule has 0 radical (unpaired) electrons. The number of nitrogens with zero attached hydrogens (tertiary/aromatic N) is 2. The van der Waals surface area contributed by atoms with Crippen LogP contribution in [0.2, 0.25) is 0 Å². The van der Waals surface area contributed by atoms with E-state index in [-0.39, 0.29) is 24.2 Å². The van der Waals surface area contributed by atoms with Crippen molar-refractivity contribution in [3.8, 4) is 5.75 Å². The van der Waals surface area contributed by atoms with Crippen LogP contribution in [0.1, 0.15) is 5.56 Å². The van der Waals surface area contributed by atoms with Crippen LogP contribution in [0.25, 0.3) is 6.08 Å². The summed E-state index contributed by atoms with van der Waals surface area (Å²) in [5.41, 5.74) is 1.37. The number of benzene rings is 2. The van der Waals surface area contributed by atoms with Crippen molar-refractivity contribution < 1.29 is 18.7 Å². The third-order valence-corrected chi connectivity index (χ3v) is 5.27. The Labute approximate surface area is 183 Å². The van der Waals surface area contributed by atoms with Crippen LogP contribution < -0.4 is 10.1 Å². The molecule has 0 atom stereocenters. The van der Waals surface area contributed by atoms with E-state index in [0.29, 0.717) is 37.6 Å². The first-order valence-corrected chi connectivity index (χ1v) is 10.3. The van der Waals surface area contributed by atoms with Crippen molar-refractivity contribution in [3.63, 3.8) is 0 Å². The first-order chi connectivity index (χ1) is 14.4. The molecular weight excluding hydrogens is 453 g/mol. The molecule has 0 saturated carbocycles. The maximum absolute atomic E-state index is 12.9. The van der Waals surface area contributed by atoms with E-state index in [0.717, 1.165) is 10.0 Å². The summed E-state index contributed by atoms with van der Waals surface area (Å²) in [6.07, 6.45) is 3.29. The fourth-order valence-electron chi connectivity index (χ4n) is 3.17. The Morgan fingerprint density at radius 1 is 1.13 bits per heavy atom. The van der Waals surface area contributed by atoms with Crippen molar-refractivity contribution in [1.82, 2.24) is 9.80 Å². The van der Waals surface area contributed by atoms with Gasteiger partial charge < -0.3 is 15.0 Å². The molecule has 158 valence electrons. The Morgan fingerprint density at radius 2 is 1.83 bits per heavy atom. The van der Waals surface area contributed by atoms with Gasteiger partial charge in [0.15, 0.2) is 0 Å². The van der Waals surface area contributed by atoms with Crippen molar-refractivity contribution >= 4 is 39.5 Å². The Kier molecular flexibility index (Phi) is 7.59. The normalized spacial score (nSPS) is 14.7. The average molecular weight is 476 g/mol. The van der Waals surface area contributed by atoms with E-state index in [4.69, 9.17) is 4.74 Å². The van der Waals surface area contributed by atoms with E-state index in [1.54, 1.807) is 24.2 Å². The maximum atomic E-state index is 12.9. The molecule has 30 heavy (non-hydrogen) atoms. The van der Waals surface area contributed by atoms with Gasteiger partial charge in [-0.1, -0.05) is 15.9 Å². The molecule has 0 aromatic heterocycles. The van der Waals surface area contributed by atoms with E-state index in [1.807, 2.05) is 23.1 Å². The summed E-state index contributed by atoms with van der Waals surface area (Å²) in [5, 5.41) is 2.75. The Hall–Kier alpha value is -2.71. The number of halogens is 2. The lowest BCUT2D eigenvalue weighted by molar-refractivity contribution is -0.127. The molecule has 1 fully saturated rings. The van der Waals surface area contributed by atoms with Crippen LogP contribution in [0.3, 0.4) is 0 Å². The lowest BCUT2D eigenvalue weighted by atomic mass is 10.2. The second-order valence-electron chi connectivity index (χ2n) is 6.88. The van der Waals surface area contributed by atoms with E-state index in [9.17, 15) is 14.0 Å². The maximum Gasteiger partial charge on any atom is 0.246 e. The van der Waals surface area contributed by atoms with Gasteiger partial charge in [-0.3, -0.25) is 14.5 Å². The summed E-state index contributed by atoms with van der Waals surface area (Å²) >= 11 is 3.42. The fourth-order valence-corrected chi connectivity index (χ4v) is 3.54. The molecule has 0 aliphatic carbocycles. The first-order valence-electron chi connectivity index (χ1n) is 9.53. The topological polar surface area (TPSA) is 61.9 Å². The van der Waals surface area contributed by atoms with Gasteiger partial charge in [-0.25, -0.2) is 4.39 Å². The van der Waals surface area contributed by atoms with Crippen LogP contribution in [0.4, 0.5) is 10.1 Å². The molecule has 8 heteroatoms. The number of hydrogen-bond acceptors (Lipinski definition) is 4. The number of nitrogens with one attached hydrogen (secondary N) is 1. The number of hydrogen-bond donors (Lipinski definition) is 1. The number of amides is 2. The summed E-state index contributed by atoms with van der Waals surface area (Å²) < 4.78 is 19.2. The molecule has 3 rings (SSSR count). The molecule has 0 unspecified atom stereocenters. The molecule has 2 amide bonds. The lowest BCUT2D eigenvalue weighted by Gasteiger charge is -2.33. The van der Waals surface area contributed by atoms with Crippen molar-refractivity contribution in [2.75, 3.05) is 45.2 Å². The third-order valence-electron chi connectivity index (χ3n) is 4.78. The van der Waals surface area contributed by atoms with Gasteiger partial charge in [-0.2, -0.15) is 0 Å². The number of anilines is 1. The number of ether oxygens (including phenoxy) is 1. The Morgan fingerprint density at radius 3 is 2.50 bits per heavy atom. The quantitative estimate of drug-likeness (QED) is 0.650. The van der Waals surface area contributed by atoms with E-state index >= 15 is 0 Å². The van der Waals surface area contributed by atoms with Crippen LogP contribution in [0.15, 0.2) is 53.0 Å². The average Bonchev–Trinajstić information content (AvgIpc) is 2.74. The largest absolute Gasteiger partial charge is 0.496 e. The van der Waals surface area contributed by atoms with Crippen molar-refractivity contribution in [2.24, 2.45) is 0 Å². The third kappa shape index (κ3) is 6.14. The summed E-state index contributed by atoms with van der Waals surface area (Å²) in [7, 11) is 1.59. The predicted octanol–water partition coefficient (Wildman–Crippen LogP) is 3.39. The lowest BCUT2D eigenvalue weighted by Crippen LogP contribution is -2.50. The van der Waals surface area contributed by atoms with Gasteiger partial charge in [0, 0.05) is 48.0 Å². The Balaban J connectivity index is 1.48. The minimum Gasteiger partial charge on any atom is -0.496 e. The smallest absolute Gasteiger partial charge is 0.246 e. The standard InChI is InChI=1S/C22H23BrFN3O3/c1-30-20-8-3-17(23)14-16(20)2-9-22(29)27-12-10-26(11-13-27)15-21(28)25-19-6-4-18(24)5-7-19/h2-9,14H,10-13,15H2,1H3,(H,25,28)/b9-2+. The highest BCUT2D eigenvalue weighted by molar-refractivity contribution is 9.10. The zero-order valence-corrected chi connectivity index (χ0v) is 18.2. The molecule has 6 nitrogen and oxygen atoms in total. The van der Waals surface area contributed by atoms with Gasteiger partial charge in [-0.05, 0) is 48.5 Å². The molecular formula is C22H23BrFN3O3. The van der Waals surface area contributed by atoms with Crippen molar-refractivity contribution in [3.05, 3.63) is 64.4 Å². The molecule has 2 aromatic rings. The molecule has 0 bridgehead atoms. The van der Waals surface area contributed by atoms with E-state index < -0.39 is 0 Å². The first kappa shape index (κ1) is 22.0. The van der Waals surface area contributed by atoms with E-state index in [2.05, 4.69) is 21.2 Å². The molecule has 1 aliphatic rings. The Bertz CT molecular complexity index is 926. The number of methoxy groups -OCH3 is 1. The minimum absolute atomic E-state index is 0.0764. The summed E-state index contributed by atoms with van der Waals surface area (Å²) in [6.45, 7) is 2.53. The zero-order chi connectivity index (χ0) is 21.5. The highest BCUT2D eigenvalue weighted by Gasteiger charge is 2.21. The monoisotopic (exact) mass is 475 g/mol. The zero-order valence-electron chi connectivity index (χ0n) is 16.6. The van der Waals surface area contributed by atoms with Gasteiger partial charge in [0.2, 0.25) is 11.8 Å². The number of carbonyl (C=O) groups excluding carboxylic acids is 2. The van der Waals surface area contributed by atoms with Gasteiger partial charge >= 0.3 is 0 Å². The highest BCUT2D eigenvalue weighted by atomic mass is 79.9. The number of rotatable bonds is 6. The molecule has 0 spiro atoms. The van der Waals surface area contributed by atoms with Crippen LogP contribution in [-0.4, -0.2) is 61.4 Å². The number of carbonyl (C=O) groups is 2.